The van der Waals surface area contributed by atoms with Gasteiger partial charge in [-0.2, -0.15) is 0 Å². The highest BCUT2D eigenvalue weighted by Crippen LogP contribution is 2.25. The molecule has 0 aliphatic rings. The van der Waals surface area contributed by atoms with Crippen LogP contribution in [0.1, 0.15) is 38.6 Å². The van der Waals surface area contributed by atoms with E-state index in [0.717, 1.165) is 4.88 Å². The molecule has 0 saturated heterocycles. The number of thiophene rings is 1. The van der Waals surface area contributed by atoms with Gasteiger partial charge in [0, 0.05) is 11.4 Å². The fourth-order valence-corrected chi connectivity index (χ4v) is 2.55. The lowest BCUT2D eigenvalue weighted by atomic mass is 9.94. The molecule has 1 atom stereocenters. The lowest BCUT2D eigenvalue weighted by Crippen LogP contribution is -2.45. The number of hydrogen-bond donors (Lipinski definition) is 3. The van der Waals surface area contributed by atoms with E-state index in [-0.39, 0.29) is 24.5 Å². The number of urea groups is 1. The van der Waals surface area contributed by atoms with Gasteiger partial charge in [-0.25, -0.2) is 4.79 Å². The lowest BCUT2D eigenvalue weighted by molar-refractivity contribution is -0.146. The number of carboxylic acids is 1. The molecule has 0 aliphatic carbocycles. The van der Waals surface area contributed by atoms with Crippen LogP contribution in [0.2, 0.25) is 0 Å². The van der Waals surface area contributed by atoms with Crippen molar-refractivity contribution in [3.8, 4) is 0 Å². The van der Waals surface area contributed by atoms with Crippen molar-refractivity contribution in [1.29, 1.82) is 0 Å². The van der Waals surface area contributed by atoms with Crippen molar-refractivity contribution in [2.45, 2.75) is 33.7 Å². The summed E-state index contributed by atoms with van der Waals surface area (Å²) in [6.07, 6.45) is 0. The first-order chi connectivity index (χ1) is 9.24. The largest absolute Gasteiger partial charge is 0.481 e. The van der Waals surface area contributed by atoms with Gasteiger partial charge in [0.05, 0.1) is 11.5 Å². The number of nitrogens with one attached hydrogen (secondary N) is 2. The van der Waals surface area contributed by atoms with Crippen molar-refractivity contribution in [1.82, 2.24) is 10.6 Å². The van der Waals surface area contributed by atoms with E-state index in [4.69, 9.17) is 5.11 Å². The SMILES string of the molecule is CC(C)C(NC(=O)NCC(C)(C)C(=O)O)c1cccs1. The molecular formula is C14H22N2O3S. The number of carbonyl (C=O) groups is 2. The van der Waals surface area contributed by atoms with Crippen LogP contribution in [-0.4, -0.2) is 23.7 Å². The van der Waals surface area contributed by atoms with Gasteiger partial charge in [0.25, 0.3) is 0 Å². The summed E-state index contributed by atoms with van der Waals surface area (Å²) in [6.45, 7) is 7.31. The zero-order chi connectivity index (χ0) is 15.3. The Hall–Kier alpha value is -1.56. The Morgan fingerprint density at radius 2 is 2.05 bits per heavy atom. The third-order valence-corrected chi connectivity index (χ3v) is 4.03. The molecule has 0 fully saturated rings. The van der Waals surface area contributed by atoms with Crippen molar-refractivity contribution in [3.63, 3.8) is 0 Å². The van der Waals surface area contributed by atoms with Gasteiger partial charge in [0.2, 0.25) is 0 Å². The molecule has 0 saturated carbocycles. The van der Waals surface area contributed by atoms with Gasteiger partial charge >= 0.3 is 12.0 Å². The fourth-order valence-electron chi connectivity index (χ4n) is 1.60. The molecule has 0 aromatic carbocycles. The molecule has 112 valence electrons. The van der Waals surface area contributed by atoms with Gasteiger partial charge in [0.15, 0.2) is 0 Å². The fraction of sp³-hybridized carbons (Fsp3) is 0.571. The van der Waals surface area contributed by atoms with E-state index < -0.39 is 11.4 Å². The second-order valence-corrected chi connectivity index (χ2v) is 6.73. The molecule has 0 aliphatic heterocycles. The molecular weight excluding hydrogens is 276 g/mol. The van der Waals surface area contributed by atoms with E-state index in [2.05, 4.69) is 10.6 Å². The summed E-state index contributed by atoms with van der Waals surface area (Å²) in [4.78, 5) is 24.0. The summed E-state index contributed by atoms with van der Waals surface area (Å²) in [6, 6.07) is 3.52. The number of amides is 2. The third-order valence-electron chi connectivity index (χ3n) is 3.07. The number of rotatable bonds is 6. The average molecular weight is 298 g/mol. The Labute approximate surface area is 123 Å². The zero-order valence-corrected chi connectivity index (χ0v) is 13.1. The standard InChI is InChI=1S/C14H22N2O3S/c1-9(2)11(10-6-5-7-20-10)16-13(19)15-8-14(3,4)12(17)18/h5-7,9,11H,8H2,1-4H3,(H,17,18)(H2,15,16,19). The summed E-state index contributed by atoms with van der Waals surface area (Å²) in [7, 11) is 0. The maximum Gasteiger partial charge on any atom is 0.315 e. The maximum atomic E-state index is 11.9. The van der Waals surface area contributed by atoms with E-state index in [0.29, 0.717) is 0 Å². The van der Waals surface area contributed by atoms with Crippen molar-refractivity contribution >= 4 is 23.3 Å². The van der Waals surface area contributed by atoms with E-state index in [9.17, 15) is 9.59 Å². The van der Waals surface area contributed by atoms with Crippen LogP contribution in [0, 0.1) is 11.3 Å². The van der Waals surface area contributed by atoms with Crippen LogP contribution < -0.4 is 10.6 Å². The molecule has 1 aromatic rings. The first-order valence-corrected chi connectivity index (χ1v) is 7.43. The summed E-state index contributed by atoms with van der Waals surface area (Å²) in [5.41, 5.74) is -0.979. The van der Waals surface area contributed by atoms with Gasteiger partial charge < -0.3 is 15.7 Å². The van der Waals surface area contributed by atoms with E-state index in [1.54, 1.807) is 25.2 Å². The zero-order valence-electron chi connectivity index (χ0n) is 12.3. The Morgan fingerprint density at radius 3 is 2.50 bits per heavy atom. The predicted molar refractivity (Wildman–Crippen MR) is 79.8 cm³/mol. The minimum absolute atomic E-state index is 0.0667. The molecule has 1 aromatic heterocycles. The van der Waals surface area contributed by atoms with Crippen LogP contribution in [-0.2, 0) is 4.79 Å². The number of carboxylic acid groups (broad SMARTS) is 1. The smallest absolute Gasteiger partial charge is 0.315 e. The van der Waals surface area contributed by atoms with E-state index >= 15 is 0 Å². The molecule has 1 heterocycles. The molecule has 2 amide bonds. The quantitative estimate of drug-likeness (QED) is 0.755. The monoisotopic (exact) mass is 298 g/mol. The molecule has 0 spiro atoms. The Kier molecular flexibility index (Phi) is 5.56. The second kappa shape index (κ2) is 6.74. The highest BCUT2D eigenvalue weighted by atomic mass is 32.1. The van der Waals surface area contributed by atoms with Gasteiger partial charge in [-0.05, 0) is 31.2 Å². The van der Waals surface area contributed by atoms with Gasteiger partial charge in [0.1, 0.15) is 0 Å². The summed E-state index contributed by atoms with van der Waals surface area (Å²) in [5.74, 6) is -0.677. The lowest BCUT2D eigenvalue weighted by Gasteiger charge is -2.24. The number of carbonyl (C=O) groups excluding carboxylic acids is 1. The molecule has 1 rings (SSSR count). The first-order valence-electron chi connectivity index (χ1n) is 6.55. The van der Waals surface area contributed by atoms with Crippen molar-refractivity contribution < 1.29 is 14.7 Å². The third kappa shape index (κ3) is 4.52. The normalized spacial score (nSPS) is 13.1. The Morgan fingerprint density at radius 1 is 1.40 bits per heavy atom. The van der Waals surface area contributed by atoms with Gasteiger partial charge in [-0.3, -0.25) is 4.79 Å². The van der Waals surface area contributed by atoms with E-state index in [1.165, 1.54) is 0 Å². The molecule has 6 heteroatoms. The number of aliphatic carboxylic acids is 1. The van der Waals surface area contributed by atoms with Crippen LogP contribution >= 0.6 is 11.3 Å². The molecule has 0 bridgehead atoms. The van der Waals surface area contributed by atoms with Crippen LogP contribution in [0.5, 0.6) is 0 Å². The summed E-state index contributed by atoms with van der Waals surface area (Å²) < 4.78 is 0. The Bertz CT molecular complexity index is 455. The van der Waals surface area contributed by atoms with Crippen LogP contribution in [0.15, 0.2) is 17.5 Å². The van der Waals surface area contributed by atoms with E-state index in [1.807, 2.05) is 31.4 Å². The first kappa shape index (κ1) is 16.5. The van der Waals surface area contributed by atoms with Gasteiger partial charge in [-0.15, -0.1) is 11.3 Å². The predicted octanol–water partition coefficient (Wildman–Crippen LogP) is 2.86. The highest BCUT2D eigenvalue weighted by molar-refractivity contribution is 7.10. The number of hydrogen-bond acceptors (Lipinski definition) is 3. The topological polar surface area (TPSA) is 78.4 Å². The second-order valence-electron chi connectivity index (χ2n) is 5.75. The maximum absolute atomic E-state index is 11.9. The highest BCUT2D eigenvalue weighted by Gasteiger charge is 2.28. The van der Waals surface area contributed by atoms with Crippen LogP contribution in [0.3, 0.4) is 0 Å². The molecule has 0 radical (unpaired) electrons. The molecule has 5 nitrogen and oxygen atoms in total. The van der Waals surface area contributed by atoms with Crippen molar-refractivity contribution in [3.05, 3.63) is 22.4 Å². The van der Waals surface area contributed by atoms with Crippen molar-refractivity contribution in [2.75, 3.05) is 6.54 Å². The minimum atomic E-state index is -0.979. The molecule has 1 unspecified atom stereocenters. The van der Waals surface area contributed by atoms with Crippen LogP contribution in [0.25, 0.3) is 0 Å². The molecule has 20 heavy (non-hydrogen) atoms. The summed E-state index contributed by atoms with van der Waals surface area (Å²) in [5, 5.41) is 16.5. The minimum Gasteiger partial charge on any atom is -0.481 e. The van der Waals surface area contributed by atoms with Gasteiger partial charge in [-0.1, -0.05) is 19.9 Å². The molecule has 3 N–H and O–H groups in total. The Balaban J connectivity index is 2.58. The van der Waals surface area contributed by atoms with Crippen LogP contribution in [0.4, 0.5) is 4.79 Å². The summed E-state index contributed by atoms with van der Waals surface area (Å²) >= 11 is 1.59. The average Bonchev–Trinajstić information content (AvgIpc) is 2.86. The van der Waals surface area contributed by atoms with Crippen molar-refractivity contribution in [2.24, 2.45) is 11.3 Å².